The quantitative estimate of drug-likeness (QED) is 0.109. The number of nitrogens with two attached hydrogens (primary N) is 1. The first kappa shape index (κ1) is 53.3. The van der Waals surface area contributed by atoms with Crippen molar-refractivity contribution in [2.45, 2.75) is 208 Å². The Kier molecular flexibility index (Phi) is 14.8. The van der Waals surface area contributed by atoms with Crippen molar-refractivity contribution >= 4 is 23.6 Å². The Hall–Kier alpha value is -4.02. The van der Waals surface area contributed by atoms with Gasteiger partial charge in [-0.1, -0.05) is 12.1 Å². The lowest BCUT2D eigenvalue weighted by atomic mass is 9.54. The van der Waals surface area contributed by atoms with Crippen LogP contribution in [0.5, 0.6) is 5.75 Å². The molecular weight excluding hydrogens is 943 g/mol. The van der Waals surface area contributed by atoms with Crippen LogP contribution in [0.3, 0.4) is 0 Å². The van der Waals surface area contributed by atoms with Crippen molar-refractivity contribution < 1.29 is 107 Å². The Balaban J connectivity index is 1.10. The molecule has 4 fully saturated rings. The van der Waals surface area contributed by atoms with Gasteiger partial charge in [0.15, 0.2) is 53.8 Å². The van der Waals surface area contributed by atoms with Crippen LogP contribution in [0.15, 0.2) is 34.9 Å². The van der Waals surface area contributed by atoms with Gasteiger partial charge in [-0.25, -0.2) is 4.79 Å². The summed E-state index contributed by atoms with van der Waals surface area (Å²) in [7, 11) is 1.32. The molecule has 394 valence electrons. The monoisotopic (exact) mass is 1010 g/mol. The topological polar surface area (TPSA) is 348 Å². The number of carbonyl (C=O) groups excluding carboxylic acids is 4. The number of aromatic hydroxyl groups is 1. The molecule has 3 aliphatic carbocycles. The van der Waals surface area contributed by atoms with Crippen LogP contribution < -0.4 is 5.73 Å². The zero-order chi connectivity index (χ0) is 52.0. The second-order valence-electron chi connectivity index (χ2n) is 20.0. The summed E-state index contributed by atoms with van der Waals surface area (Å²) in [5.41, 5.74) is -5.76. The highest BCUT2D eigenvalue weighted by Gasteiger charge is 2.75. The number of fused-ring (bicyclic) bond motifs is 3. The maximum absolute atomic E-state index is 15.0. The van der Waals surface area contributed by atoms with E-state index in [1.807, 2.05) is 0 Å². The molecule has 4 heterocycles. The van der Waals surface area contributed by atoms with Gasteiger partial charge in [-0.2, -0.15) is 0 Å². The maximum Gasteiger partial charge on any atom is 0.404 e. The number of methoxy groups -OCH3 is 1. The Labute approximate surface area is 408 Å². The number of hydrogen-bond acceptors (Lipinski definition) is 22. The molecule has 0 spiro atoms. The Morgan fingerprint density at radius 3 is 2.10 bits per heavy atom. The molecule has 8 rings (SSSR count). The van der Waals surface area contributed by atoms with Gasteiger partial charge >= 0.3 is 12.1 Å². The maximum atomic E-state index is 15.0. The molecule has 1 amide bonds. The van der Waals surface area contributed by atoms with Gasteiger partial charge in [-0.3, -0.25) is 14.4 Å². The van der Waals surface area contributed by atoms with Crippen molar-refractivity contribution in [1.29, 1.82) is 0 Å². The van der Waals surface area contributed by atoms with Crippen LogP contribution in [0.25, 0.3) is 0 Å². The summed E-state index contributed by atoms with van der Waals surface area (Å²) < 4.78 is 59.0. The molecule has 4 aliphatic heterocycles. The Morgan fingerprint density at radius 1 is 0.789 bits per heavy atom. The number of phenolic OH excluding ortho intramolecular Hbond substituents is 1. The second kappa shape index (κ2) is 19.7. The van der Waals surface area contributed by atoms with E-state index >= 15 is 4.79 Å². The lowest BCUT2D eigenvalue weighted by Gasteiger charge is -2.59. The van der Waals surface area contributed by atoms with Crippen molar-refractivity contribution in [1.82, 2.24) is 0 Å². The first-order valence-electron chi connectivity index (χ1n) is 23.8. The minimum Gasteiger partial charge on any atom is -0.507 e. The van der Waals surface area contributed by atoms with E-state index in [1.165, 1.54) is 39.2 Å². The number of phenols is 1. The normalized spacial score (nSPS) is 44.7. The highest BCUT2D eigenvalue weighted by atomic mass is 16.7. The highest BCUT2D eigenvalue weighted by molar-refractivity contribution is 6.29. The lowest BCUT2D eigenvalue weighted by molar-refractivity contribution is -0.336. The van der Waals surface area contributed by atoms with Gasteiger partial charge in [0, 0.05) is 62.0 Å². The number of hydrogen-bond donors (Lipinski definition) is 9. The Bertz CT molecular complexity index is 2320. The summed E-state index contributed by atoms with van der Waals surface area (Å²) in [4.78, 5) is 54.4. The number of ketones is 2. The molecule has 23 heteroatoms. The fourth-order valence-corrected chi connectivity index (χ4v) is 11.5. The van der Waals surface area contributed by atoms with Crippen molar-refractivity contribution in [3.8, 4) is 5.75 Å². The standard InChI is InChI=1S/C48H65NO22/c1-17-13-29(69-31-15-28(62-8)41(20(4)65-31)71-45(49)58)47(60)35-34(40(56)44(67-22(6)50)48(47,61)42(17)57)39(55)33-24(38(35)54)10-9-23(37(33)53)26-14-27(36(52)19(3)63-26)68-32-16-46(7,59)43(21(5)66-32)70-30-12-11-25(51)18(2)64-30/h9-10,13,18-21,25-32,36,40-44,51-53,56-57,59-61H,11-12,14-16H2,1-8H3,(H2,49,58). The Morgan fingerprint density at radius 2 is 1.46 bits per heavy atom. The molecule has 0 saturated carbocycles. The molecule has 71 heavy (non-hydrogen) atoms. The molecule has 10 N–H and O–H groups in total. The summed E-state index contributed by atoms with van der Waals surface area (Å²) in [5.74, 6) is -4.33. The molecule has 21 atom stereocenters. The zero-order valence-corrected chi connectivity index (χ0v) is 40.5. The highest BCUT2D eigenvalue weighted by Crippen LogP contribution is 2.56. The molecule has 1 aromatic rings. The van der Waals surface area contributed by atoms with Crippen LogP contribution in [0, 0.1) is 0 Å². The van der Waals surface area contributed by atoms with Gasteiger partial charge in [0.05, 0.1) is 53.9 Å². The van der Waals surface area contributed by atoms with E-state index in [9.17, 15) is 55.2 Å². The molecule has 23 nitrogen and oxygen atoms in total. The van der Waals surface area contributed by atoms with Crippen molar-refractivity contribution in [2.75, 3.05) is 7.11 Å². The molecule has 21 unspecified atom stereocenters. The fourth-order valence-electron chi connectivity index (χ4n) is 11.5. The molecule has 7 aliphatic rings. The predicted octanol–water partition coefficient (Wildman–Crippen LogP) is -0.0910. The van der Waals surface area contributed by atoms with Crippen LogP contribution in [-0.2, 0) is 52.2 Å². The average Bonchev–Trinajstić information content (AvgIpc) is 3.28. The predicted molar refractivity (Wildman–Crippen MR) is 237 cm³/mol. The van der Waals surface area contributed by atoms with E-state index in [1.54, 1.807) is 27.7 Å². The summed E-state index contributed by atoms with van der Waals surface area (Å²) in [5, 5.41) is 94.8. The molecule has 4 saturated heterocycles. The summed E-state index contributed by atoms with van der Waals surface area (Å²) in [6.07, 6.45) is -21.5. The minimum absolute atomic E-state index is 0.0497. The smallest absolute Gasteiger partial charge is 0.404 e. The van der Waals surface area contributed by atoms with Crippen molar-refractivity contribution in [3.63, 3.8) is 0 Å². The van der Waals surface area contributed by atoms with Crippen LogP contribution in [0.1, 0.15) is 113 Å². The van der Waals surface area contributed by atoms with Crippen LogP contribution in [0.2, 0.25) is 0 Å². The number of aliphatic hydroxyl groups is 7. The van der Waals surface area contributed by atoms with Gasteiger partial charge in [0.1, 0.15) is 42.4 Å². The summed E-state index contributed by atoms with van der Waals surface area (Å²) >= 11 is 0. The van der Waals surface area contributed by atoms with Gasteiger partial charge in [-0.05, 0) is 59.6 Å². The average molecular weight is 1010 g/mol. The van der Waals surface area contributed by atoms with E-state index in [0.717, 1.165) is 6.92 Å². The first-order valence-corrected chi connectivity index (χ1v) is 23.8. The van der Waals surface area contributed by atoms with Gasteiger partial charge in [0.2, 0.25) is 0 Å². The van der Waals surface area contributed by atoms with Crippen molar-refractivity contribution in [3.05, 3.63) is 51.6 Å². The van der Waals surface area contributed by atoms with Crippen LogP contribution in [-0.4, -0.2) is 193 Å². The molecule has 0 aromatic heterocycles. The number of Topliss-reactive ketones (excluding diaryl/α,β-unsaturated/α-hetero) is 2. The molecule has 1 aromatic carbocycles. The minimum atomic E-state index is -3.22. The van der Waals surface area contributed by atoms with Crippen LogP contribution >= 0.6 is 0 Å². The summed E-state index contributed by atoms with van der Waals surface area (Å²) in [6.45, 7) is 10.3. The first-order chi connectivity index (χ1) is 33.2. The molecule has 0 radical (unpaired) electrons. The van der Waals surface area contributed by atoms with E-state index in [4.69, 9.17) is 53.1 Å². The number of amides is 1. The van der Waals surface area contributed by atoms with E-state index in [0.29, 0.717) is 12.8 Å². The number of ether oxygens (including phenoxy) is 10. The summed E-state index contributed by atoms with van der Waals surface area (Å²) in [6, 6.07) is 2.45. The number of aliphatic hydroxyl groups excluding tert-OH is 4. The second-order valence-corrected chi connectivity index (χ2v) is 20.0. The third-order valence-electron chi connectivity index (χ3n) is 15.1. The zero-order valence-electron chi connectivity index (χ0n) is 40.5. The molecular formula is C48H65NO22. The van der Waals surface area contributed by atoms with E-state index in [-0.39, 0.29) is 30.4 Å². The van der Waals surface area contributed by atoms with Gasteiger partial charge in [-0.15, -0.1) is 0 Å². The third kappa shape index (κ3) is 9.13. The SMILES string of the molecule is COC1CC(OC2C=C(C)C(O)C3(O)C(OC(C)=O)C(O)C4=C(C(=O)c5ccc(C6CC(OC7CC(C)(O)C(OC8CCC(O)C(C)O8)C(C)O7)C(O)C(C)O6)c(O)c5C4=O)C23O)OC(C)C1OC(N)=O. The lowest BCUT2D eigenvalue weighted by Crippen LogP contribution is -2.80. The number of benzene rings is 1. The van der Waals surface area contributed by atoms with Gasteiger partial charge < -0.3 is 94.0 Å². The molecule has 0 bridgehead atoms. The van der Waals surface area contributed by atoms with Crippen LogP contribution in [0.4, 0.5) is 4.79 Å². The van der Waals surface area contributed by atoms with Crippen molar-refractivity contribution in [2.24, 2.45) is 5.73 Å². The third-order valence-corrected chi connectivity index (χ3v) is 15.1. The van der Waals surface area contributed by atoms with E-state index < -0.39 is 179 Å². The fraction of sp³-hybridized carbons (Fsp3) is 0.708. The largest absolute Gasteiger partial charge is 0.507 e. The number of rotatable bonds is 10. The number of carbonyl (C=O) groups is 4. The number of esters is 1. The van der Waals surface area contributed by atoms with E-state index in [2.05, 4.69) is 0 Å². The number of primary amides is 1. The van der Waals surface area contributed by atoms with Gasteiger partial charge in [0.25, 0.3) is 0 Å².